The summed E-state index contributed by atoms with van der Waals surface area (Å²) in [5.74, 6) is -0.258. The standard InChI is InChI=1S/C14H15FN2O3S/c1-9-6-12(20-3)13(7-10(9)2)21(18,19)17-14-5-4-11(15)8-16-14/h4-8H,1-3H3,(H,16,17). The maximum absolute atomic E-state index is 12.8. The second-order valence-electron chi connectivity index (χ2n) is 4.55. The summed E-state index contributed by atoms with van der Waals surface area (Å²) in [6.45, 7) is 3.67. The lowest BCUT2D eigenvalue weighted by molar-refractivity contribution is 0.402. The van der Waals surface area contributed by atoms with E-state index in [4.69, 9.17) is 4.74 Å². The van der Waals surface area contributed by atoms with Crippen LogP contribution in [-0.2, 0) is 10.0 Å². The van der Waals surface area contributed by atoms with Gasteiger partial charge in [0, 0.05) is 0 Å². The van der Waals surface area contributed by atoms with Gasteiger partial charge in [0.15, 0.2) is 0 Å². The van der Waals surface area contributed by atoms with Crippen LogP contribution in [0.4, 0.5) is 10.2 Å². The van der Waals surface area contributed by atoms with Gasteiger partial charge in [0.25, 0.3) is 10.0 Å². The third-order valence-electron chi connectivity index (χ3n) is 3.04. The maximum atomic E-state index is 12.8. The topological polar surface area (TPSA) is 68.3 Å². The lowest BCUT2D eigenvalue weighted by Crippen LogP contribution is -2.15. The fourth-order valence-electron chi connectivity index (χ4n) is 1.76. The van der Waals surface area contributed by atoms with Crippen molar-refractivity contribution in [1.29, 1.82) is 0 Å². The molecule has 7 heteroatoms. The van der Waals surface area contributed by atoms with E-state index in [1.165, 1.54) is 19.2 Å². The summed E-state index contributed by atoms with van der Waals surface area (Å²) in [5, 5.41) is 0. The zero-order chi connectivity index (χ0) is 15.6. The van der Waals surface area contributed by atoms with Crippen LogP contribution < -0.4 is 9.46 Å². The van der Waals surface area contributed by atoms with Crippen molar-refractivity contribution >= 4 is 15.8 Å². The molecule has 0 bridgehead atoms. The lowest BCUT2D eigenvalue weighted by atomic mass is 10.1. The van der Waals surface area contributed by atoms with Gasteiger partial charge in [-0.2, -0.15) is 0 Å². The molecular weight excluding hydrogens is 295 g/mol. The van der Waals surface area contributed by atoms with Crippen molar-refractivity contribution in [2.45, 2.75) is 18.7 Å². The highest BCUT2D eigenvalue weighted by atomic mass is 32.2. The average molecular weight is 310 g/mol. The van der Waals surface area contributed by atoms with Crippen molar-refractivity contribution in [3.05, 3.63) is 47.4 Å². The molecule has 0 atom stereocenters. The van der Waals surface area contributed by atoms with Crippen LogP contribution in [0.25, 0.3) is 0 Å². The summed E-state index contributed by atoms with van der Waals surface area (Å²) in [6, 6.07) is 5.56. The number of halogens is 1. The van der Waals surface area contributed by atoms with Crippen LogP contribution in [0, 0.1) is 19.7 Å². The molecule has 21 heavy (non-hydrogen) atoms. The molecule has 0 saturated heterocycles. The van der Waals surface area contributed by atoms with Crippen molar-refractivity contribution in [3.8, 4) is 5.75 Å². The molecular formula is C14H15FN2O3S. The van der Waals surface area contributed by atoms with E-state index >= 15 is 0 Å². The summed E-state index contributed by atoms with van der Waals surface area (Å²) in [4.78, 5) is 3.69. The molecule has 0 aliphatic rings. The molecule has 0 fully saturated rings. The van der Waals surface area contributed by atoms with Gasteiger partial charge in [-0.25, -0.2) is 17.8 Å². The first kappa shape index (κ1) is 15.2. The predicted octanol–water partition coefficient (Wildman–Crippen LogP) is 2.65. The number of methoxy groups -OCH3 is 1. The van der Waals surface area contributed by atoms with Crippen LogP contribution in [0.3, 0.4) is 0 Å². The van der Waals surface area contributed by atoms with Crippen molar-refractivity contribution in [2.75, 3.05) is 11.8 Å². The molecule has 0 amide bonds. The first-order valence-electron chi connectivity index (χ1n) is 6.13. The van der Waals surface area contributed by atoms with Crippen molar-refractivity contribution < 1.29 is 17.5 Å². The predicted molar refractivity (Wildman–Crippen MR) is 77.5 cm³/mol. The van der Waals surface area contributed by atoms with Gasteiger partial charge < -0.3 is 4.74 Å². The van der Waals surface area contributed by atoms with Crippen LogP contribution in [0.15, 0.2) is 35.4 Å². The number of sulfonamides is 1. The fraction of sp³-hybridized carbons (Fsp3) is 0.214. The van der Waals surface area contributed by atoms with Crippen LogP contribution in [-0.4, -0.2) is 20.5 Å². The Morgan fingerprint density at radius 1 is 1.19 bits per heavy atom. The number of pyridine rings is 1. The molecule has 112 valence electrons. The smallest absolute Gasteiger partial charge is 0.266 e. The average Bonchev–Trinajstić information content (AvgIpc) is 2.43. The second-order valence-corrected chi connectivity index (χ2v) is 6.21. The summed E-state index contributed by atoms with van der Waals surface area (Å²) in [7, 11) is -2.47. The highest BCUT2D eigenvalue weighted by Crippen LogP contribution is 2.28. The van der Waals surface area contributed by atoms with Gasteiger partial charge in [-0.3, -0.25) is 4.72 Å². The summed E-state index contributed by atoms with van der Waals surface area (Å²) in [5.41, 5.74) is 1.74. The van der Waals surface area contributed by atoms with E-state index in [1.54, 1.807) is 6.07 Å². The third-order valence-corrected chi connectivity index (χ3v) is 4.41. The van der Waals surface area contributed by atoms with Gasteiger partial charge in [0.2, 0.25) is 0 Å². The Hall–Kier alpha value is -2.15. The molecule has 5 nitrogen and oxygen atoms in total. The van der Waals surface area contributed by atoms with E-state index in [0.29, 0.717) is 0 Å². The number of anilines is 1. The first-order chi connectivity index (χ1) is 9.83. The van der Waals surface area contributed by atoms with Gasteiger partial charge in [0.05, 0.1) is 13.3 Å². The van der Waals surface area contributed by atoms with E-state index in [-0.39, 0.29) is 16.5 Å². The molecule has 2 aromatic rings. The van der Waals surface area contributed by atoms with Crippen LogP contribution >= 0.6 is 0 Å². The summed E-state index contributed by atoms with van der Waals surface area (Å²) in [6.07, 6.45) is 0.940. The Morgan fingerprint density at radius 3 is 2.43 bits per heavy atom. The molecule has 0 radical (unpaired) electrons. The molecule has 0 aliphatic carbocycles. The normalized spacial score (nSPS) is 11.2. The van der Waals surface area contributed by atoms with Crippen molar-refractivity contribution in [1.82, 2.24) is 4.98 Å². The van der Waals surface area contributed by atoms with Gasteiger partial charge in [0.1, 0.15) is 22.3 Å². The SMILES string of the molecule is COc1cc(C)c(C)cc1S(=O)(=O)Nc1ccc(F)cn1. The number of hydrogen-bond donors (Lipinski definition) is 1. The quantitative estimate of drug-likeness (QED) is 0.942. The summed E-state index contributed by atoms with van der Waals surface area (Å²) < 4.78 is 45.0. The minimum atomic E-state index is -3.87. The minimum absolute atomic E-state index is 0.0132. The number of benzene rings is 1. The van der Waals surface area contributed by atoms with Crippen molar-refractivity contribution in [3.63, 3.8) is 0 Å². The van der Waals surface area contributed by atoms with E-state index in [0.717, 1.165) is 23.4 Å². The van der Waals surface area contributed by atoms with Crippen LogP contribution in [0.1, 0.15) is 11.1 Å². The monoisotopic (exact) mass is 310 g/mol. The molecule has 0 saturated carbocycles. The molecule has 2 rings (SSSR count). The Bertz CT molecular complexity index is 759. The lowest BCUT2D eigenvalue weighted by Gasteiger charge is -2.13. The number of hydrogen-bond acceptors (Lipinski definition) is 4. The molecule has 1 heterocycles. The molecule has 0 spiro atoms. The number of nitrogens with zero attached hydrogens (tertiary/aromatic N) is 1. The molecule has 0 aliphatic heterocycles. The zero-order valence-corrected chi connectivity index (χ0v) is 12.7. The van der Waals surface area contributed by atoms with Gasteiger partial charge in [-0.1, -0.05) is 0 Å². The van der Waals surface area contributed by atoms with E-state index < -0.39 is 15.8 Å². The fourth-order valence-corrected chi connectivity index (χ4v) is 3.01. The van der Waals surface area contributed by atoms with E-state index in [1.807, 2.05) is 13.8 Å². The largest absolute Gasteiger partial charge is 0.495 e. The number of ether oxygens (including phenoxy) is 1. The van der Waals surface area contributed by atoms with Gasteiger partial charge in [-0.05, 0) is 49.2 Å². The Morgan fingerprint density at radius 2 is 1.86 bits per heavy atom. The molecule has 1 aromatic carbocycles. The van der Waals surface area contributed by atoms with Crippen LogP contribution in [0.2, 0.25) is 0 Å². The van der Waals surface area contributed by atoms with E-state index in [9.17, 15) is 12.8 Å². The first-order valence-corrected chi connectivity index (χ1v) is 7.61. The molecule has 0 unspecified atom stereocenters. The van der Waals surface area contributed by atoms with Gasteiger partial charge in [-0.15, -0.1) is 0 Å². The Labute approximate surface area is 122 Å². The summed E-state index contributed by atoms with van der Waals surface area (Å²) >= 11 is 0. The minimum Gasteiger partial charge on any atom is -0.495 e. The number of rotatable bonds is 4. The second kappa shape index (κ2) is 5.69. The Balaban J connectivity index is 2.44. The molecule has 1 N–H and O–H groups in total. The third kappa shape index (κ3) is 3.30. The van der Waals surface area contributed by atoms with E-state index in [2.05, 4.69) is 9.71 Å². The maximum Gasteiger partial charge on any atom is 0.266 e. The zero-order valence-electron chi connectivity index (χ0n) is 11.8. The number of aromatic nitrogens is 1. The van der Waals surface area contributed by atoms with Gasteiger partial charge >= 0.3 is 0 Å². The highest BCUT2D eigenvalue weighted by Gasteiger charge is 2.21. The van der Waals surface area contributed by atoms with Crippen molar-refractivity contribution in [2.24, 2.45) is 0 Å². The number of nitrogens with one attached hydrogen (secondary N) is 1. The Kier molecular flexibility index (Phi) is 4.13. The molecule has 1 aromatic heterocycles. The highest BCUT2D eigenvalue weighted by molar-refractivity contribution is 7.92. The van der Waals surface area contributed by atoms with Crippen LogP contribution in [0.5, 0.6) is 5.75 Å². The number of aryl methyl sites for hydroxylation is 2.